The van der Waals surface area contributed by atoms with Gasteiger partial charge in [0.25, 0.3) is 0 Å². The molecular formula is C19H25BrN2O3. The minimum absolute atomic E-state index is 0.0939. The number of hydrogen-bond acceptors (Lipinski definition) is 3. The summed E-state index contributed by atoms with van der Waals surface area (Å²) < 4.78 is 8.90. The second-order valence-electron chi connectivity index (χ2n) is 6.40. The molecule has 0 saturated heterocycles. The SMILES string of the molecule is CCC(C)COc1ccc(Br)cc1Cn1nc(CCC(=O)O)cc1C. The van der Waals surface area contributed by atoms with Crippen LogP contribution in [0.3, 0.4) is 0 Å². The Morgan fingerprint density at radius 2 is 2.16 bits per heavy atom. The molecular weight excluding hydrogens is 384 g/mol. The first-order chi connectivity index (χ1) is 11.9. The van der Waals surface area contributed by atoms with Crippen LogP contribution in [0, 0.1) is 12.8 Å². The molecule has 0 saturated carbocycles. The van der Waals surface area contributed by atoms with Crippen molar-refractivity contribution in [3.63, 3.8) is 0 Å². The number of aliphatic carboxylic acids is 1. The quantitative estimate of drug-likeness (QED) is 0.665. The number of rotatable bonds is 9. The van der Waals surface area contributed by atoms with Gasteiger partial charge in [-0.3, -0.25) is 9.48 Å². The van der Waals surface area contributed by atoms with E-state index in [9.17, 15) is 4.79 Å². The lowest BCUT2D eigenvalue weighted by Crippen LogP contribution is -2.11. The Labute approximate surface area is 157 Å². The molecule has 0 aliphatic heterocycles. The summed E-state index contributed by atoms with van der Waals surface area (Å²) in [5, 5.41) is 13.4. The number of nitrogens with zero attached hydrogens (tertiary/aromatic N) is 2. The number of ether oxygens (including phenoxy) is 1. The highest BCUT2D eigenvalue weighted by Crippen LogP contribution is 2.25. The number of carboxylic acid groups (broad SMARTS) is 1. The molecule has 1 heterocycles. The van der Waals surface area contributed by atoms with Gasteiger partial charge in [0.15, 0.2) is 0 Å². The Morgan fingerprint density at radius 1 is 1.40 bits per heavy atom. The van der Waals surface area contributed by atoms with Crippen molar-refractivity contribution in [2.75, 3.05) is 6.61 Å². The largest absolute Gasteiger partial charge is 0.493 e. The predicted octanol–water partition coefficient (Wildman–Crippen LogP) is 4.44. The van der Waals surface area contributed by atoms with Gasteiger partial charge in [0.1, 0.15) is 5.75 Å². The first-order valence-corrected chi connectivity index (χ1v) is 9.34. The van der Waals surface area contributed by atoms with Crippen LogP contribution in [-0.2, 0) is 17.8 Å². The van der Waals surface area contributed by atoms with Gasteiger partial charge in [-0.2, -0.15) is 5.10 Å². The molecule has 1 N–H and O–H groups in total. The number of halogens is 1. The van der Waals surface area contributed by atoms with Gasteiger partial charge in [-0.15, -0.1) is 0 Å². The van der Waals surface area contributed by atoms with Crippen LogP contribution in [0.15, 0.2) is 28.7 Å². The van der Waals surface area contributed by atoms with Crippen LogP contribution in [0.25, 0.3) is 0 Å². The number of aryl methyl sites for hydroxylation is 2. The van der Waals surface area contributed by atoms with Crippen molar-refractivity contribution < 1.29 is 14.6 Å². The maximum Gasteiger partial charge on any atom is 0.303 e. The molecule has 0 spiro atoms. The van der Waals surface area contributed by atoms with Crippen molar-refractivity contribution in [1.29, 1.82) is 0 Å². The van der Waals surface area contributed by atoms with Crippen molar-refractivity contribution in [1.82, 2.24) is 9.78 Å². The standard InChI is InChI=1S/C19H25BrN2O3/c1-4-13(2)12-25-18-7-5-16(20)10-15(18)11-22-14(3)9-17(21-22)6-8-19(23)24/h5,7,9-10,13H,4,6,8,11-12H2,1-3H3,(H,23,24). The third kappa shape index (κ3) is 5.88. The van der Waals surface area contributed by atoms with Crippen molar-refractivity contribution in [2.45, 2.75) is 46.6 Å². The topological polar surface area (TPSA) is 64.4 Å². The first-order valence-electron chi connectivity index (χ1n) is 8.55. The van der Waals surface area contributed by atoms with Gasteiger partial charge in [-0.05, 0) is 37.1 Å². The van der Waals surface area contributed by atoms with Gasteiger partial charge in [0.05, 0.1) is 25.3 Å². The molecule has 1 aromatic heterocycles. The molecule has 2 aromatic rings. The summed E-state index contributed by atoms with van der Waals surface area (Å²) in [5.41, 5.74) is 2.86. The molecule has 0 aliphatic carbocycles. The molecule has 136 valence electrons. The number of carbonyl (C=O) groups is 1. The second-order valence-corrected chi connectivity index (χ2v) is 7.32. The molecule has 1 unspecified atom stereocenters. The van der Waals surface area contributed by atoms with Gasteiger partial charge in [-0.1, -0.05) is 36.2 Å². The van der Waals surface area contributed by atoms with E-state index in [4.69, 9.17) is 9.84 Å². The van der Waals surface area contributed by atoms with E-state index in [1.54, 1.807) is 0 Å². The van der Waals surface area contributed by atoms with E-state index in [1.165, 1.54) is 0 Å². The average Bonchev–Trinajstić information content (AvgIpc) is 2.91. The van der Waals surface area contributed by atoms with E-state index >= 15 is 0 Å². The predicted molar refractivity (Wildman–Crippen MR) is 101 cm³/mol. The number of benzene rings is 1. The van der Waals surface area contributed by atoms with E-state index in [1.807, 2.05) is 35.9 Å². The smallest absolute Gasteiger partial charge is 0.303 e. The van der Waals surface area contributed by atoms with E-state index in [-0.39, 0.29) is 6.42 Å². The minimum atomic E-state index is -0.806. The highest BCUT2D eigenvalue weighted by Gasteiger charge is 2.11. The lowest BCUT2D eigenvalue weighted by atomic mass is 10.1. The molecule has 6 heteroatoms. The van der Waals surface area contributed by atoms with Crippen LogP contribution >= 0.6 is 15.9 Å². The van der Waals surface area contributed by atoms with Gasteiger partial charge < -0.3 is 9.84 Å². The van der Waals surface area contributed by atoms with Crippen LogP contribution in [0.1, 0.15) is 43.6 Å². The zero-order valence-electron chi connectivity index (χ0n) is 15.0. The van der Waals surface area contributed by atoms with Gasteiger partial charge in [0.2, 0.25) is 0 Å². The summed E-state index contributed by atoms with van der Waals surface area (Å²) in [7, 11) is 0. The van der Waals surface area contributed by atoms with Crippen LogP contribution in [0.4, 0.5) is 0 Å². The van der Waals surface area contributed by atoms with Crippen molar-refractivity contribution in [3.05, 3.63) is 45.7 Å². The Hall–Kier alpha value is -1.82. The zero-order chi connectivity index (χ0) is 18.4. The molecule has 0 amide bonds. The number of carboxylic acids is 1. The molecule has 0 radical (unpaired) electrons. The summed E-state index contributed by atoms with van der Waals surface area (Å²) in [6.07, 6.45) is 1.62. The Kier molecular flexibility index (Phi) is 7.05. The number of aromatic nitrogens is 2. The Morgan fingerprint density at radius 3 is 2.84 bits per heavy atom. The van der Waals surface area contributed by atoms with Crippen molar-refractivity contribution >= 4 is 21.9 Å². The molecule has 1 aromatic carbocycles. The fourth-order valence-electron chi connectivity index (χ4n) is 2.42. The summed E-state index contributed by atoms with van der Waals surface area (Å²) in [6, 6.07) is 7.94. The third-order valence-corrected chi connectivity index (χ3v) is 4.68. The molecule has 0 fully saturated rings. The molecule has 0 aliphatic rings. The Bertz CT molecular complexity index is 727. The minimum Gasteiger partial charge on any atom is -0.493 e. The lowest BCUT2D eigenvalue weighted by molar-refractivity contribution is -0.136. The van der Waals surface area contributed by atoms with E-state index in [0.29, 0.717) is 25.5 Å². The molecule has 25 heavy (non-hydrogen) atoms. The summed E-state index contributed by atoms with van der Waals surface area (Å²) >= 11 is 3.52. The fourth-order valence-corrected chi connectivity index (χ4v) is 2.83. The average molecular weight is 409 g/mol. The normalized spacial score (nSPS) is 12.2. The third-order valence-electron chi connectivity index (χ3n) is 4.19. The van der Waals surface area contributed by atoms with E-state index < -0.39 is 5.97 Å². The maximum absolute atomic E-state index is 10.7. The molecule has 2 rings (SSSR count). The highest BCUT2D eigenvalue weighted by atomic mass is 79.9. The number of hydrogen-bond donors (Lipinski definition) is 1. The van der Waals surface area contributed by atoms with E-state index in [2.05, 4.69) is 34.9 Å². The zero-order valence-corrected chi connectivity index (χ0v) is 16.5. The second kappa shape index (κ2) is 9.04. The van der Waals surface area contributed by atoms with Crippen LogP contribution in [-0.4, -0.2) is 27.5 Å². The van der Waals surface area contributed by atoms with Gasteiger partial charge in [-0.25, -0.2) is 0 Å². The van der Waals surface area contributed by atoms with Gasteiger partial charge >= 0.3 is 5.97 Å². The summed E-state index contributed by atoms with van der Waals surface area (Å²) in [6.45, 7) is 7.59. The van der Waals surface area contributed by atoms with Gasteiger partial charge in [0, 0.05) is 22.2 Å². The summed E-state index contributed by atoms with van der Waals surface area (Å²) in [4.78, 5) is 10.7. The van der Waals surface area contributed by atoms with Crippen molar-refractivity contribution in [3.8, 4) is 5.75 Å². The van der Waals surface area contributed by atoms with Crippen molar-refractivity contribution in [2.24, 2.45) is 5.92 Å². The molecule has 1 atom stereocenters. The van der Waals surface area contributed by atoms with Crippen LogP contribution in [0.2, 0.25) is 0 Å². The molecule has 5 nitrogen and oxygen atoms in total. The highest BCUT2D eigenvalue weighted by molar-refractivity contribution is 9.10. The van der Waals surface area contributed by atoms with Crippen LogP contribution < -0.4 is 4.74 Å². The van der Waals surface area contributed by atoms with E-state index in [0.717, 1.165) is 33.6 Å². The fraction of sp³-hybridized carbons (Fsp3) is 0.474. The monoisotopic (exact) mass is 408 g/mol. The lowest BCUT2D eigenvalue weighted by Gasteiger charge is -2.15. The van der Waals surface area contributed by atoms with Crippen LogP contribution in [0.5, 0.6) is 5.75 Å². The maximum atomic E-state index is 10.7. The Balaban J connectivity index is 2.15. The first kappa shape index (κ1) is 19.5. The summed E-state index contributed by atoms with van der Waals surface area (Å²) in [5.74, 6) is 0.566. The molecule has 0 bridgehead atoms.